The highest BCUT2D eigenvalue weighted by Gasteiger charge is 2.51. The lowest BCUT2D eigenvalue weighted by Crippen LogP contribution is -2.66. The number of hydrogen-bond donors (Lipinski definition) is 1. The van der Waals surface area contributed by atoms with Crippen molar-refractivity contribution in [1.82, 2.24) is 5.32 Å². The predicted octanol–water partition coefficient (Wildman–Crippen LogP) is 1.65. The number of carbonyl (C=O) groups excluding carboxylic acids is 4. The van der Waals surface area contributed by atoms with Crippen LogP contribution in [0.15, 0.2) is 0 Å². The average Bonchev–Trinajstić information content (AvgIpc) is 2.74. The van der Waals surface area contributed by atoms with E-state index in [1.807, 2.05) is 0 Å². The van der Waals surface area contributed by atoms with Gasteiger partial charge in [-0.25, -0.2) is 0 Å². The third kappa shape index (κ3) is 11.8. The number of nitrogens with one attached hydrogen (secondary N) is 1. The normalized spacial score (nSPS) is 24.2. The van der Waals surface area contributed by atoms with Gasteiger partial charge in [-0.05, 0) is 25.7 Å². The maximum absolute atomic E-state index is 11.9. The Labute approximate surface area is 201 Å². The van der Waals surface area contributed by atoms with Crippen molar-refractivity contribution in [2.45, 2.75) is 97.4 Å². The van der Waals surface area contributed by atoms with Crippen molar-refractivity contribution in [3.8, 4) is 0 Å². The minimum absolute atomic E-state index is 0.257. The molecule has 1 aliphatic rings. The highest BCUT2D eigenvalue weighted by atomic mass is 16.7. The van der Waals surface area contributed by atoms with Crippen LogP contribution in [-0.4, -0.2) is 80.9 Å². The molecule has 0 aromatic rings. The van der Waals surface area contributed by atoms with Crippen molar-refractivity contribution < 1.29 is 47.6 Å². The molecule has 196 valence electrons. The van der Waals surface area contributed by atoms with Crippen molar-refractivity contribution in [3.05, 3.63) is 0 Å². The van der Waals surface area contributed by atoms with E-state index in [1.54, 1.807) is 0 Å². The first-order chi connectivity index (χ1) is 16.1. The van der Waals surface area contributed by atoms with Gasteiger partial charge in [0.15, 0.2) is 18.5 Å². The molecule has 11 nitrogen and oxygen atoms in total. The van der Waals surface area contributed by atoms with Crippen LogP contribution in [0, 0.1) is 0 Å². The Kier molecular flexibility index (Phi) is 14.4. The molecule has 1 heterocycles. The second kappa shape index (κ2) is 16.4. The van der Waals surface area contributed by atoms with Crippen LogP contribution in [0.5, 0.6) is 0 Å². The summed E-state index contributed by atoms with van der Waals surface area (Å²) in [6.07, 6.45) is 0.353. The lowest BCUT2D eigenvalue weighted by molar-refractivity contribution is -0.277. The number of esters is 3. The Morgan fingerprint density at radius 3 is 2.00 bits per heavy atom. The summed E-state index contributed by atoms with van der Waals surface area (Å²) >= 11 is 0. The minimum Gasteiger partial charge on any atom is -0.463 e. The van der Waals surface area contributed by atoms with E-state index in [9.17, 15) is 19.2 Å². The molecule has 0 radical (unpaired) electrons. The molecule has 5 atom stereocenters. The smallest absolute Gasteiger partial charge is 0.303 e. The largest absolute Gasteiger partial charge is 0.463 e. The number of hydrogen-bond acceptors (Lipinski definition) is 10. The summed E-state index contributed by atoms with van der Waals surface area (Å²) in [6, 6.07) is -0.947. The van der Waals surface area contributed by atoms with E-state index in [-0.39, 0.29) is 6.61 Å². The first-order valence-electron chi connectivity index (χ1n) is 11.7. The maximum atomic E-state index is 11.9. The Morgan fingerprint density at radius 1 is 0.794 bits per heavy atom. The van der Waals surface area contributed by atoms with E-state index in [0.717, 1.165) is 32.3 Å². The predicted molar refractivity (Wildman–Crippen MR) is 120 cm³/mol. The summed E-state index contributed by atoms with van der Waals surface area (Å²) in [5.41, 5.74) is 0. The zero-order chi connectivity index (χ0) is 25.5. The molecule has 1 saturated heterocycles. The molecule has 1 amide bonds. The molecule has 0 bridgehead atoms. The zero-order valence-electron chi connectivity index (χ0n) is 20.8. The minimum atomic E-state index is -1.13. The Balaban J connectivity index is 2.89. The standard InChI is InChI=1S/C23H39NO10/c1-6-7-11-29-12-9-8-10-13-30-23-20(24-15(2)25)22(33-18(5)28)21(32-17(4)27)19(34-23)14-31-16(3)26/h19-23H,6-14H2,1-5H3,(H,24,25). The molecule has 0 spiro atoms. The van der Waals surface area contributed by atoms with Crippen LogP contribution >= 0.6 is 0 Å². The van der Waals surface area contributed by atoms with Crippen LogP contribution in [0.3, 0.4) is 0 Å². The lowest BCUT2D eigenvalue weighted by Gasteiger charge is -2.44. The molecule has 11 heteroatoms. The third-order valence-electron chi connectivity index (χ3n) is 4.93. The van der Waals surface area contributed by atoms with Gasteiger partial charge in [-0.3, -0.25) is 19.2 Å². The van der Waals surface area contributed by atoms with Gasteiger partial charge in [-0.15, -0.1) is 0 Å². The molecule has 5 unspecified atom stereocenters. The fourth-order valence-corrected chi connectivity index (χ4v) is 3.46. The monoisotopic (exact) mass is 489 g/mol. The van der Waals surface area contributed by atoms with Gasteiger partial charge < -0.3 is 33.7 Å². The molecule has 1 N–H and O–H groups in total. The van der Waals surface area contributed by atoms with Gasteiger partial charge in [0, 0.05) is 47.5 Å². The SMILES string of the molecule is CCCCOCCCCCOC1OC(COC(C)=O)C(OC(C)=O)C(OC(C)=O)C1NC(C)=O. The molecule has 1 fully saturated rings. The van der Waals surface area contributed by atoms with Gasteiger partial charge in [0.05, 0.1) is 0 Å². The summed E-state index contributed by atoms with van der Waals surface area (Å²) in [4.78, 5) is 46.8. The molecular formula is C23H39NO10. The maximum Gasteiger partial charge on any atom is 0.303 e. The molecule has 0 aliphatic carbocycles. The summed E-state index contributed by atoms with van der Waals surface area (Å²) in [7, 11) is 0. The van der Waals surface area contributed by atoms with Crippen LogP contribution in [0.25, 0.3) is 0 Å². The fraction of sp³-hybridized carbons (Fsp3) is 0.826. The van der Waals surface area contributed by atoms with Crippen molar-refractivity contribution in [2.24, 2.45) is 0 Å². The van der Waals surface area contributed by atoms with E-state index in [0.29, 0.717) is 19.6 Å². The van der Waals surface area contributed by atoms with Gasteiger partial charge >= 0.3 is 17.9 Å². The van der Waals surface area contributed by atoms with Gasteiger partial charge in [-0.1, -0.05) is 13.3 Å². The number of amides is 1. The van der Waals surface area contributed by atoms with E-state index < -0.39 is 54.5 Å². The van der Waals surface area contributed by atoms with Gasteiger partial charge in [-0.2, -0.15) is 0 Å². The van der Waals surface area contributed by atoms with Gasteiger partial charge in [0.1, 0.15) is 18.8 Å². The summed E-state index contributed by atoms with van der Waals surface area (Å²) in [5, 5.41) is 2.67. The lowest BCUT2D eigenvalue weighted by atomic mass is 9.96. The summed E-state index contributed by atoms with van der Waals surface area (Å²) in [6.45, 7) is 8.51. The van der Waals surface area contributed by atoms with Crippen molar-refractivity contribution in [1.29, 1.82) is 0 Å². The highest BCUT2D eigenvalue weighted by molar-refractivity contribution is 5.73. The zero-order valence-corrected chi connectivity index (χ0v) is 20.8. The van der Waals surface area contributed by atoms with Crippen molar-refractivity contribution in [2.75, 3.05) is 26.4 Å². The topological polar surface area (TPSA) is 136 Å². The summed E-state index contributed by atoms with van der Waals surface area (Å²) in [5.74, 6) is -2.27. The number of rotatable bonds is 15. The molecule has 1 aliphatic heterocycles. The second-order valence-electron chi connectivity index (χ2n) is 8.12. The fourth-order valence-electron chi connectivity index (χ4n) is 3.46. The van der Waals surface area contributed by atoms with Crippen LogP contribution in [0.2, 0.25) is 0 Å². The Hall–Kier alpha value is -2.24. The first kappa shape index (κ1) is 29.8. The molecular weight excluding hydrogens is 450 g/mol. The average molecular weight is 490 g/mol. The Morgan fingerprint density at radius 2 is 1.41 bits per heavy atom. The molecule has 0 aromatic carbocycles. The van der Waals surface area contributed by atoms with Gasteiger partial charge in [0.25, 0.3) is 0 Å². The third-order valence-corrected chi connectivity index (χ3v) is 4.93. The van der Waals surface area contributed by atoms with Crippen LogP contribution in [0.4, 0.5) is 0 Å². The highest BCUT2D eigenvalue weighted by Crippen LogP contribution is 2.28. The number of carbonyl (C=O) groups is 4. The van der Waals surface area contributed by atoms with Crippen LogP contribution in [0.1, 0.15) is 66.7 Å². The summed E-state index contributed by atoms with van der Waals surface area (Å²) < 4.78 is 33.2. The first-order valence-corrected chi connectivity index (χ1v) is 11.7. The quantitative estimate of drug-likeness (QED) is 0.205. The van der Waals surface area contributed by atoms with E-state index in [2.05, 4.69) is 12.2 Å². The molecule has 34 heavy (non-hydrogen) atoms. The molecule has 1 rings (SSSR count). The second-order valence-corrected chi connectivity index (χ2v) is 8.12. The molecule has 0 saturated carbocycles. The van der Waals surface area contributed by atoms with Gasteiger partial charge in [0.2, 0.25) is 5.91 Å². The van der Waals surface area contributed by atoms with E-state index in [1.165, 1.54) is 27.7 Å². The van der Waals surface area contributed by atoms with Crippen molar-refractivity contribution in [3.63, 3.8) is 0 Å². The van der Waals surface area contributed by atoms with Crippen LogP contribution in [-0.2, 0) is 47.6 Å². The van der Waals surface area contributed by atoms with Crippen molar-refractivity contribution >= 4 is 23.8 Å². The number of unbranched alkanes of at least 4 members (excludes halogenated alkanes) is 3. The van der Waals surface area contributed by atoms with E-state index >= 15 is 0 Å². The number of ether oxygens (including phenoxy) is 6. The van der Waals surface area contributed by atoms with Crippen LogP contribution < -0.4 is 5.32 Å². The van der Waals surface area contributed by atoms with E-state index in [4.69, 9.17) is 28.4 Å². The molecule has 0 aromatic heterocycles. The Bertz CT molecular complexity index is 656.